The van der Waals surface area contributed by atoms with Gasteiger partial charge in [-0.05, 0) is 32.3 Å². The molecule has 0 aromatic carbocycles. The number of carbonyl (C=O) groups excluding carboxylic acids is 1. The Morgan fingerprint density at radius 2 is 2.09 bits per heavy atom. The van der Waals surface area contributed by atoms with Gasteiger partial charge in [0.25, 0.3) is 0 Å². The third-order valence-corrected chi connectivity index (χ3v) is 4.52. The molecule has 1 atom stereocenters. The molecule has 0 saturated carbocycles. The summed E-state index contributed by atoms with van der Waals surface area (Å²) in [6.07, 6.45) is 9.48. The van der Waals surface area contributed by atoms with Crippen LogP contribution in [0.25, 0.3) is 0 Å². The molecule has 1 aliphatic rings. The number of amides is 1. The monoisotopic (exact) mass is 301 g/mol. The van der Waals surface area contributed by atoms with Crippen molar-refractivity contribution in [3.05, 3.63) is 36.2 Å². The van der Waals surface area contributed by atoms with Gasteiger partial charge in [-0.2, -0.15) is 5.10 Å². The van der Waals surface area contributed by atoms with Crippen molar-refractivity contribution >= 4 is 5.91 Å². The normalized spacial score (nSPS) is 17.7. The molecule has 2 aromatic rings. The molecule has 0 radical (unpaired) electrons. The average Bonchev–Trinajstić information content (AvgIpc) is 3.14. The molecule has 0 spiro atoms. The molecular weight excluding hydrogens is 278 g/mol. The van der Waals surface area contributed by atoms with Gasteiger partial charge in [0.1, 0.15) is 11.9 Å². The molecule has 0 N–H and O–H groups in total. The molecule has 1 unspecified atom stereocenters. The lowest BCUT2D eigenvalue weighted by Gasteiger charge is -2.33. The van der Waals surface area contributed by atoms with Crippen molar-refractivity contribution in [3.63, 3.8) is 0 Å². The lowest BCUT2D eigenvalue weighted by Crippen LogP contribution is -2.41. The number of nitrogens with zero attached hydrogens (tertiary/aromatic N) is 5. The minimum absolute atomic E-state index is 0.154. The second-order valence-electron chi connectivity index (χ2n) is 6.17. The summed E-state index contributed by atoms with van der Waals surface area (Å²) in [5.41, 5.74) is 1.08. The first-order valence-corrected chi connectivity index (χ1v) is 7.83. The molecule has 6 nitrogen and oxygen atoms in total. The average molecular weight is 301 g/mol. The Morgan fingerprint density at radius 1 is 1.36 bits per heavy atom. The smallest absolute Gasteiger partial charge is 0.247 e. The molecule has 2 aromatic heterocycles. The molecule has 1 saturated heterocycles. The lowest BCUT2D eigenvalue weighted by atomic mass is 9.95. The zero-order chi connectivity index (χ0) is 15.7. The summed E-state index contributed by atoms with van der Waals surface area (Å²) in [4.78, 5) is 19.0. The molecule has 0 bridgehead atoms. The SMILES string of the molecule is Cc1cnn(C(C)C(=O)N2CCC(c3nccn3C)CC2)c1. The zero-order valence-electron chi connectivity index (χ0n) is 13.4. The molecule has 3 rings (SSSR count). The molecule has 1 aliphatic heterocycles. The minimum Gasteiger partial charge on any atom is -0.341 e. The topological polar surface area (TPSA) is 56.0 Å². The van der Waals surface area contributed by atoms with Crippen LogP contribution < -0.4 is 0 Å². The quantitative estimate of drug-likeness (QED) is 0.870. The first kappa shape index (κ1) is 14.8. The number of imidazole rings is 1. The lowest BCUT2D eigenvalue weighted by molar-refractivity contribution is -0.135. The van der Waals surface area contributed by atoms with E-state index in [0.717, 1.165) is 37.3 Å². The van der Waals surface area contributed by atoms with Crippen LogP contribution >= 0.6 is 0 Å². The summed E-state index contributed by atoms with van der Waals surface area (Å²) in [5, 5.41) is 4.25. The Morgan fingerprint density at radius 3 is 2.64 bits per heavy atom. The van der Waals surface area contributed by atoms with Crippen LogP contribution in [0.3, 0.4) is 0 Å². The largest absolute Gasteiger partial charge is 0.341 e. The number of rotatable bonds is 3. The highest BCUT2D eigenvalue weighted by Crippen LogP contribution is 2.27. The summed E-state index contributed by atoms with van der Waals surface area (Å²) < 4.78 is 3.83. The van der Waals surface area contributed by atoms with E-state index in [-0.39, 0.29) is 11.9 Å². The van der Waals surface area contributed by atoms with E-state index in [1.807, 2.05) is 44.4 Å². The van der Waals surface area contributed by atoms with Crippen LogP contribution in [0.1, 0.15) is 43.1 Å². The maximum Gasteiger partial charge on any atom is 0.247 e. The van der Waals surface area contributed by atoms with Crippen molar-refractivity contribution in [2.45, 2.75) is 38.6 Å². The van der Waals surface area contributed by atoms with E-state index < -0.39 is 0 Å². The van der Waals surface area contributed by atoms with Crippen LogP contribution in [0.15, 0.2) is 24.8 Å². The highest BCUT2D eigenvalue weighted by Gasteiger charge is 2.29. The predicted octanol–water partition coefficient (Wildman–Crippen LogP) is 1.89. The first-order chi connectivity index (χ1) is 10.6. The van der Waals surface area contributed by atoms with Gasteiger partial charge in [0.05, 0.1) is 6.20 Å². The molecule has 6 heteroatoms. The van der Waals surface area contributed by atoms with E-state index in [0.29, 0.717) is 5.92 Å². The van der Waals surface area contributed by atoms with Gasteiger partial charge < -0.3 is 9.47 Å². The van der Waals surface area contributed by atoms with E-state index in [4.69, 9.17) is 0 Å². The van der Waals surface area contributed by atoms with Crippen LogP contribution in [0.2, 0.25) is 0 Å². The number of aromatic nitrogens is 4. The van der Waals surface area contributed by atoms with Gasteiger partial charge in [-0.1, -0.05) is 0 Å². The summed E-state index contributed by atoms with van der Waals surface area (Å²) in [5.74, 6) is 1.73. The Labute approximate surface area is 130 Å². The summed E-state index contributed by atoms with van der Waals surface area (Å²) in [6.45, 7) is 5.49. The fraction of sp³-hybridized carbons (Fsp3) is 0.562. The molecular formula is C16H23N5O. The van der Waals surface area contributed by atoms with Gasteiger partial charge >= 0.3 is 0 Å². The summed E-state index contributed by atoms with van der Waals surface area (Å²) >= 11 is 0. The zero-order valence-corrected chi connectivity index (χ0v) is 13.4. The van der Waals surface area contributed by atoms with E-state index in [9.17, 15) is 4.79 Å². The van der Waals surface area contributed by atoms with Crippen molar-refractivity contribution < 1.29 is 4.79 Å². The van der Waals surface area contributed by atoms with Crippen LogP contribution in [-0.4, -0.2) is 43.2 Å². The second-order valence-corrected chi connectivity index (χ2v) is 6.17. The van der Waals surface area contributed by atoms with E-state index in [2.05, 4.69) is 14.6 Å². The van der Waals surface area contributed by atoms with E-state index in [1.165, 1.54) is 0 Å². The van der Waals surface area contributed by atoms with Gasteiger partial charge in [0, 0.05) is 44.6 Å². The van der Waals surface area contributed by atoms with Gasteiger partial charge in [-0.3, -0.25) is 9.48 Å². The Kier molecular flexibility index (Phi) is 4.00. The first-order valence-electron chi connectivity index (χ1n) is 7.83. The van der Waals surface area contributed by atoms with Crippen LogP contribution in [0.4, 0.5) is 0 Å². The third kappa shape index (κ3) is 2.77. The van der Waals surface area contributed by atoms with E-state index >= 15 is 0 Å². The number of likely N-dealkylation sites (tertiary alicyclic amines) is 1. The highest BCUT2D eigenvalue weighted by molar-refractivity contribution is 5.80. The molecule has 1 fully saturated rings. The van der Waals surface area contributed by atoms with Crippen LogP contribution in [0.5, 0.6) is 0 Å². The second kappa shape index (κ2) is 5.94. The van der Waals surface area contributed by atoms with Crippen LogP contribution in [-0.2, 0) is 11.8 Å². The van der Waals surface area contributed by atoms with Crippen LogP contribution in [0, 0.1) is 6.92 Å². The highest BCUT2D eigenvalue weighted by atomic mass is 16.2. The summed E-state index contributed by atoms with van der Waals surface area (Å²) in [7, 11) is 2.03. The maximum absolute atomic E-state index is 12.6. The Bertz CT molecular complexity index is 651. The molecule has 22 heavy (non-hydrogen) atoms. The standard InChI is InChI=1S/C16H23N5O/c1-12-10-18-21(11-12)13(2)16(22)20-7-4-14(5-8-20)15-17-6-9-19(15)3/h6,9-11,13-14H,4-5,7-8H2,1-3H3. The molecule has 3 heterocycles. The van der Waals surface area contributed by atoms with Gasteiger partial charge in [-0.25, -0.2) is 4.98 Å². The maximum atomic E-state index is 12.6. The van der Waals surface area contributed by atoms with Gasteiger partial charge in [0.15, 0.2) is 0 Å². The predicted molar refractivity (Wildman–Crippen MR) is 83.4 cm³/mol. The van der Waals surface area contributed by atoms with Gasteiger partial charge in [0.2, 0.25) is 5.91 Å². The van der Waals surface area contributed by atoms with Crippen molar-refractivity contribution in [1.29, 1.82) is 0 Å². The Balaban J connectivity index is 1.61. The van der Waals surface area contributed by atoms with Crippen molar-refractivity contribution in [3.8, 4) is 0 Å². The number of carbonyl (C=O) groups is 1. The number of hydrogen-bond donors (Lipinski definition) is 0. The van der Waals surface area contributed by atoms with Gasteiger partial charge in [-0.15, -0.1) is 0 Å². The molecule has 1 amide bonds. The van der Waals surface area contributed by atoms with E-state index in [1.54, 1.807) is 10.9 Å². The van der Waals surface area contributed by atoms with Crippen molar-refractivity contribution in [2.24, 2.45) is 7.05 Å². The van der Waals surface area contributed by atoms with Crippen molar-refractivity contribution in [2.75, 3.05) is 13.1 Å². The van der Waals surface area contributed by atoms with Crippen molar-refractivity contribution in [1.82, 2.24) is 24.2 Å². The Hall–Kier alpha value is -2.11. The third-order valence-electron chi connectivity index (χ3n) is 4.52. The number of hydrogen-bond acceptors (Lipinski definition) is 3. The number of aryl methyl sites for hydroxylation is 2. The number of piperidine rings is 1. The fourth-order valence-corrected chi connectivity index (χ4v) is 3.15. The summed E-state index contributed by atoms with van der Waals surface area (Å²) in [6, 6.07) is -0.238. The molecule has 118 valence electrons. The molecule has 0 aliphatic carbocycles. The minimum atomic E-state index is -0.238. The fourth-order valence-electron chi connectivity index (χ4n) is 3.15.